The van der Waals surface area contributed by atoms with E-state index in [1.54, 1.807) is 0 Å². The lowest BCUT2D eigenvalue weighted by molar-refractivity contribution is 0.169. The van der Waals surface area contributed by atoms with Crippen molar-refractivity contribution >= 4 is 5.65 Å². The molecule has 102 valence electrons. The average Bonchev–Trinajstić information content (AvgIpc) is 2.84. The molecule has 0 atom stereocenters. The minimum Gasteiger partial charge on any atom is -0.301 e. The molecule has 0 spiro atoms. The van der Waals surface area contributed by atoms with E-state index in [4.69, 9.17) is 4.98 Å². The van der Waals surface area contributed by atoms with Crippen molar-refractivity contribution in [1.29, 1.82) is 0 Å². The summed E-state index contributed by atoms with van der Waals surface area (Å²) in [7, 11) is 0. The molecule has 0 aromatic carbocycles. The van der Waals surface area contributed by atoms with Gasteiger partial charge in [-0.1, -0.05) is 6.07 Å². The largest absolute Gasteiger partial charge is 0.301 e. The molecular formula is C15H22N4. The molecule has 0 saturated carbocycles. The molecule has 0 radical (unpaired) electrons. The molecule has 3 rings (SSSR count). The molecule has 0 bridgehead atoms. The first-order valence-electron chi connectivity index (χ1n) is 7.21. The van der Waals surface area contributed by atoms with Crippen LogP contribution in [0, 0.1) is 6.92 Å². The van der Waals surface area contributed by atoms with Crippen LogP contribution in [0.1, 0.15) is 44.0 Å². The second-order valence-electron chi connectivity index (χ2n) is 5.83. The fourth-order valence-electron chi connectivity index (χ4n) is 2.90. The van der Waals surface area contributed by atoms with Gasteiger partial charge < -0.3 is 4.90 Å². The van der Waals surface area contributed by atoms with E-state index in [0.717, 1.165) is 24.6 Å². The SMILES string of the molecule is Cc1cccn2nc(C3CCN(C(C)C)CC3)nc12. The molecule has 3 heterocycles. The number of aromatic nitrogens is 3. The van der Waals surface area contributed by atoms with Crippen LogP contribution < -0.4 is 0 Å². The molecule has 1 saturated heterocycles. The number of aryl methyl sites for hydroxylation is 1. The molecule has 2 aromatic rings. The molecule has 4 nitrogen and oxygen atoms in total. The fourth-order valence-corrected chi connectivity index (χ4v) is 2.90. The Labute approximate surface area is 114 Å². The van der Waals surface area contributed by atoms with Crippen molar-refractivity contribution in [3.05, 3.63) is 29.7 Å². The Bertz CT molecular complexity index is 565. The lowest BCUT2D eigenvalue weighted by Crippen LogP contribution is -2.38. The fraction of sp³-hybridized carbons (Fsp3) is 0.600. The first-order chi connectivity index (χ1) is 9.15. The quantitative estimate of drug-likeness (QED) is 0.830. The van der Waals surface area contributed by atoms with E-state index in [1.165, 1.54) is 18.4 Å². The summed E-state index contributed by atoms with van der Waals surface area (Å²) in [6, 6.07) is 4.77. The highest BCUT2D eigenvalue weighted by Gasteiger charge is 2.25. The Morgan fingerprint density at radius 1 is 1.26 bits per heavy atom. The molecule has 0 aliphatic carbocycles. The molecule has 1 aliphatic heterocycles. The van der Waals surface area contributed by atoms with Gasteiger partial charge in [-0.25, -0.2) is 9.50 Å². The zero-order chi connectivity index (χ0) is 13.4. The molecule has 19 heavy (non-hydrogen) atoms. The van der Waals surface area contributed by atoms with Gasteiger partial charge in [-0.15, -0.1) is 0 Å². The lowest BCUT2D eigenvalue weighted by Gasteiger charge is -2.33. The molecular weight excluding hydrogens is 236 g/mol. The van der Waals surface area contributed by atoms with Crippen LogP contribution >= 0.6 is 0 Å². The van der Waals surface area contributed by atoms with E-state index < -0.39 is 0 Å². The molecule has 1 fully saturated rings. The summed E-state index contributed by atoms with van der Waals surface area (Å²) in [6.07, 6.45) is 4.34. The maximum absolute atomic E-state index is 4.74. The van der Waals surface area contributed by atoms with Gasteiger partial charge in [0.25, 0.3) is 0 Å². The summed E-state index contributed by atoms with van der Waals surface area (Å²) in [4.78, 5) is 7.28. The number of fused-ring (bicyclic) bond motifs is 1. The van der Waals surface area contributed by atoms with Crippen LogP contribution in [0.3, 0.4) is 0 Å². The van der Waals surface area contributed by atoms with Gasteiger partial charge in [-0.3, -0.25) is 0 Å². The number of pyridine rings is 1. The smallest absolute Gasteiger partial charge is 0.158 e. The van der Waals surface area contributed by atoms with Gasteiger partial charge >= 0.3 is 0 Å². The number of rotatable bonds is 2. The summed E-state index contributed by atoms with van der Waals surface area (Å²) in [6.45, 7) is 8.96. The molecule has 0 N–H and O–H groups in total. The van der Waals surface area contributed by atoms with Crippen molar-refractivity contribution in [3.63, 3.8) is 0 Å². The standard InChI is InChI=1S/C15H22N4/c1-11(2)18-9-6-13(7-10-18)14-16-15-12(3)5-4-8-19(15)17-14/h4-5,8,11,13H,6-7,9-10H2,1-3H3. The highest BCUT2D eigenvalue weighted by Crippen LogP contribution is 2.27. The van der Waals surface area contributed by atoms with E-state index in [0.29, 0.717) is 12.0 Å². The van der Waals surface area contributed by atoms with Crippen molar-refractivity contribution in [2.24, 2.45) is 0 Å². The third-order valence-corrected chi connectivity index (χ3v) is 4.20. The molecule has 0 unspecified atom stereocenters. The van der Waals surface area contributed by atoms with Gasteiger partial charge in [0.15, 0.2) is 11.5 Å². The van der Waals surface area contributed by atoms with Crippen molar-refractivity contribution in [2.45, 2.75) is 45.6 Å². The first-order valence-corrected chi connectivity index (χ1v) is 7.21. The van der Waals surface area contributed by atoms with Crippen LogP contribution in [0.4, 0.5) is 0 Å². The van der Waals surface area contributed by atoms with Gasteiger partial charge in [0.05, 0.1) is 0 Å². The van der Waals surface area contributed by atoms with Gasteiger partial charge in [-0.05, 0) is 58.3 Å². The van der Waals surface area contributed by atoms with E-state index >= 15 is 0 Å². The summed E-state index contributed by atoms with van der Waals surface area (Å²) in [5.74, 6) is 1.55. The lowest BCUT2D eigenvalue weighted by atomic mass is 9.95. The predicted octanol–water partition coefficient (Wildman–Crippen LogP) is 2.63. The van der Waals surface area contributed by atoms with Crippen LogP contribution in [0.15, 0.2) is 18.3 Å². The third kappa shape index (κ3) is 2.37. The topological polar surface area (TPSA) is 33.4 Å². The normalized spacial score (nSPS) is 18.5. The maximum atomic E-state index is 4.74. The Hall–Kier alpha value is -1.42. The maximum Gasteiger partial charge on any atom is 0.158 e. The van der Waals surface area contributed by atoms with Crippen molar-refractivity contribution in [3.8, 4) is 0 Å². The van der Waals surface area contributed by atoms with Crippen LogP contribution in [0.5, 0.6) is 0 Å². The summed E-state index contributed by atoms with van der Waals surface area (Å²) in [5, 5.41) is 4.65. The molecule has 0 amide bonds. The van der Waals surface area contributed by atoms with Crippen LogP contribution in [0.2, 0.25) is 0 Å². The summed E-state index contributed by atoms with van der Waals surface area (Å²) >= 11 is 0. The second kappa shape index (κ2) is 4.93. The Morgan fingerprint density at radius 3 is 2.63 bits per heavy atom. The number of likely N-dealkylation sites (tertiary alicyclic amines) is 1. The Kier molecular flexibility index (Phi) is 3.27. The number of piperidine rings is 1. The molecule has 1 aliphatic rings. The van der Waals surface area contributed by atoms with E-state index in [2.05, 4.69) is 36.8 Å². The second-order valence-corrected chi connectivity index (χ2v) is 5.83. The zero-order valence-electron chi connectivity index (χ0n) is 12.0. The van der Waals surface area contributed by atoms with Crippen molar-refractivity contribution < 1.29 is 0 Å². The minimum atomic E-state index is 0.522. The predicted molar refractivity (Wildman–Crippen MR) is 76.4 cm³/mol. The van der Waals surface area contributed by atoms with Gasteiger partial charge in [0.2, 0.25) is 0 Å². The van der Waals surface area contributed by atoms with Gasteiger partial charge in [-0.2, -0.15) is 5.10 Å². The van der Waals surface area contributed by atoms with E-state index in [9.17, 15) is 0 Å². The van der Waals surface area contributed by atoms with Gasteiger partial charge in [0, 0.05) is 18.2 Å². The average molecular weight is 258 g/mol. The van der Waals surface area contributed by atoms with E-state index in [-0.39, 0.29) is 0 Å². The molecule has 4 heteroatoms. The summed E-state index contributed by atoms with van der Waals surface area (Å²) in [5.41, 5.74) is 2.20. The number of hydrogen-bond acceptors (Lipinski definition) is 3. The van der Waals surface area contributed by atoms with Gasteiger partial charge in [0.1, 0.15) is 0 Å². The minimum absolute atomic E-state index is 0.522. The monoisotopic (exact) mass is 258 g/mol. The van der Waals surface area contributed by atoms with Crippen LogP contribution in [-0.2, 0) is 0 Å². The van der Waals surface area contributed by atoms with E-state index in [1.807, 2.05) is 16.8 Å². The number of nitrogens with zero attached hydrogens (tertiary/aromatic N) is 4. The van der Waals surface area contributed by atoms with Crippen molar-refractivity contribution in [2.75, 3.05) is 13.1 Å². The highest BCUT2D eigenvalue weighted by molar-refractivity contribution is 5.46. The highest BCUT2D eigenvalue weighted by atomic mass is 15.3. The zero-order valence-corrected chi connectivity index (χ0v) is 12.0. The van der Waals surface area contributed by atoms with Crippen molar-refractivity contribution in [1.82, 2.24) is 19.5 Å². The first kappa shape index (κ1) is 12.6. The molecule has 2 aromatic heterocycles. The Morgan fingerprint density at radius 2 is 2.00 bits per heavy atom. The third-order valence-electron chi connectivity index (χ3n) is 4.20. The van der Waals surface area contributed by atoms with Crippen LogP contribution in [-0.4, -0.2) is 38.6 Å². The van der Waals surface area contributed by atoms with Crippen LogP contribution in [0.25, 0.3) is 5.65 Å². The Balaban J connectivity index is 1.80. The number of hydrogen-bond donors (Lipinski definition) is 0. The summed E-state index contributed by atoms with van der Waals surface area (Å²) < 4.78 is 1.92.